The summed E-state index contributed by atoms with van der Waals surface area (Å²) in [6.45, 7) is 3.39. The van der Waals surface area contributed by atoms with E-state index in [1.54, 1.807) is 26.0 Å². The zero-order chi connectivity index (χ0) is 16.5. The lowest BCUT2D eigenvalue weighted by atomic mass is 10.2. The number of halogens is 1. The van der Waals surface area contributed by atoms with Crippen molar-refractivity contribution in [1.29, 1.82) is 0 Å². The summed E-state index contributed by atoms with van der Waals surface area (Å²) < 4.78 is 26.6. The minimum Gasteiger partial charge on any atom is -0.327 e. The van der Waals surface area contributed by atoms with Crippen molar-refractivity contribution < 1.29 is 13.2 Å². The number of hydrogen-bond acceptors (Lipinski definition) is 4. The van der Waals surface area contributed by atoms with Crippen LogP contribution >= 0.6 is 11.6 Å². The SMILES string of the molecule is Cc1ccc(C)c(S(=O)(=O)NC(=O)c2c[nH]c(=O)c(Cl)c2)c1. The fourth-order valence-corrected chi connectivity index (χ4v) is 3.30. The normalized spacial score (nSPS) is 11.2. The Kier molecular flexibility index (Phi) is 4.39. The highest BCUT2D eigenvalue weighted by molar-refractivity contribution is 7.90. The number of sulfonamides is 1. The highest BCUT2D eigenvalue weighted by Gasteiger charge is 2.21. The van der Waals surface area contributed by atoms with Gasteiger partial charge in [-0.15, -0.1) is 0 Å². The zero-order valence-electron chi connectivity index (χ0n) is 11.8. The summed E-state index contributed by atoms with van der Waals surface area (Å²) in [6.07, 6.45) is 1.10. The van der Waals surface area contributed by atoms with Gasteiger partial charge in [0, 0.05) is 6.20 Å². The van der Waals surface area contributed by atoms with E-state index in [0.717, 1.165) is 17.8 Å². The molecule has 0 bridgehead atoms. The second-order valence-corrected chi connectivity index (χ2v) is 6.83. The average molecular weight is 341 g/mol. The Morgan fingerprint density at radius 2 is 1.91 bits per heavy atom. The molecule has 1 amide bonds. The summed E-state index contributed by atoms with van der Waals surface area (Å²) in [5.41, 5.74) is 0.657. The van der Waals surface area contributed by atoms with Crippen LogP contribution in [0.2, 0.25) is 5.02 Å². The number of rotatable bonds is 3. The maximum absolute atomic E-state index is 12.3. The molecule has 116 valence electrons. The van der Waals surface area contributed by atoms with E-state index >= 15 is 0 Å². The van der Waals surface area contributed by atoms with Gasteiger partial charge in [0.1, 0.15) is 5.02 Å². The summed E-state index contributed by atoms with van der Waals surface area (Å²) in [5, 5.41) is -0.197. The molecule has 1 heterocycles. The number of hydrogen-bond donors (Lipinski definition) is 2. The quantitative estimate of drug-likeness (QED) is 0.889. The van der Waals surface area contributed by atoms with Crippen molar-refractivity contribution in [2.24, 2.45) is 0 Å². The Hall–Kier alpha value is -2.12. The van der Waals surface area contributed by atoms with Crippen LogP contribution in [0.4, 0.5) is 0 Å². The molecule has 2 N–H and O–H groups in total. The molecule has 8 heteroatoms. The second-order valence-electron chi connectivity index (χ2n) is 4.77. The lowest BCUT2D eigenvalue weighted by Crippen LogP contribution is -2.31. The first kappa shape index (κ1) is 16.3. The minimum absolute atomic E-state index is 0.0244. The van der Waals surface area contributed by atoms with E-state index in [0.29, 0.717) is 5.56 Å². The van der Waals surface area contributed by atoms with E-state index in [1.165, 1.54) is 6.07 Å². The molecular weight excluding hydrogens is 328 g/mol. The molecule has 0 aliphatic heterocycles. The smallest absolute Gasteiger partial charge is 0.266 e. The molecular formula is C14H13ClN2O4S. The van der Waals surface area contributed by atoms with Crippen LogP contribution in [-0.2, 0) is 10.0 Å². The van der Waals surface area contributed by atoms with Gasteiger partial charge in [-0.1, -0.05) is 23.7 Å². The number of aromatic nitrogens is 1. The molecule has 0 unspecified atom stereocenters. The van der Waals surface area contributed by atoms with Crippen molar-refractivity contribution in [3.05, 3.63) is 62.5 Å². The van der Waals surface area contributed by atoms with Gasteiger partial charge in [-0.25, -0.2) is 13.1 Å². The van der Waals surface area contributed by atoms with E-state index in [9.17, 15) is 18.0 Å². The number of benzene rings is 1. The molecule has 6 nitrogen and oxygen atoms in total. The third-order valence-electron chi connectivity index (χ3n) is 2.98. The Morgan fingerprint density at radius 1 is 1.23 bits per heavy atom. The summed E-state index contributed by atoms with van der Waals surface area (Å²) >= 11 is 5.62. The topological polar surface area (TPSA) is 96.1 Å². The van der Waals surface area contributed by atoms with Crippen LogP contribution in [0.5, 0.6) is 0 Å². The Labute approximate surface area is 132 Å². The largest absolute Gasteiger partial charge is 0.327 e. The third-order valence-corrected chi connectivity index (χ3v) is 4.73. The fourth-order valence-electron chi connectivity index (χ4n) is 1.82. The number of amides is 1. The monoisotopic (exact) mass is 340 g/mol. The first-order chi connectivity index (χ1) is 10.2. The van der Waals surface area contributed by atoms with E-state index in [-0.39, 0.29) is 15.5 Å². The number of pyridine rings is 1. The Bertz CT molecular complexity index is 903. The number of aromatic amines is 1. The van der Waals surface area contributed by atoms with Crippen LogP contribution < -0.4 is 10.3 Å². The van der Waals surface area contributed by atoms with Gasteiger partial charge in [-0.05, 0) is 37.1 Å². The predicted octanol–water partition coefficient (Wildman–Crippen LogP) is 1.76. The maximum atomic E-state index is 12.3. The van der Waals surface area contributed by atoms with Gasteiger partial charge >= 0.3 is 0 Å². The van der Waals surface area contributed by atoms with Gasteiger partial charge in [-0.2, -0.15) is 0 Å². The molecule has 0 aliphatic rings. The van der Waals surface area contributed by atoms with Crippen molar-refractivity contribution in [3.63, 3.8) is 0 Å². The first-order valence-electron chi connectivity index (χ1n) is 6.23. The van der Waals surface area contributed by atoms with Crippen LogP contribution in [0.3, 0.4) is 0 Å². The predicted molar refractivity (Wildman–Crippen MR) is 82.6 cm³/mol. The lowest BCUT2D eigenvalue weighted by Gasteiger charge is -2.10. The number of carbonyl (C=O) groups excluding carboxylic acids is 1. The van der Waals surface area contributed by atoms with Crippen LogP contribution in [0.25, 0.3) is 0 Å². The van der Waals surface area contributed by atoms with Crippen molar-refractivity contribution in [3.8, 4) is 0 Å². The Morgan fingerprint density at radius 3 is 2.55 bits per heavy atom. The number of carbonyl (C=O) groups is 1. The zero-order valence-corrected chi connectivity index (χ0v) is 13.4. The number of H-pyrrole nitrogens is 1. The summed E-state index contributed by atoms with van der Waals surface area (Å²) in [6, 6.07) is 6.02. The van der Waals surface area contributed by atoms with Gasteiger partial charge in [0.05, 0.1) is 10.5 Å². The summed E-state index contributed by atoms with van der Waals surface area (Å²) in [4.78, 5) is 25.4. The molecule has 0 atom stereocenters. The van der Waals surface area contributed by atoms with E-state index in [4.69, 9.17) is 11.6 Å². The van der Waals surface area contributed by atoms with E-state index in [1.807, 2.05) is 4.72 Å². The van der Waals surface area contributed by atoms with Crippen LogP contribution in [0.1, 0.15) is 21.5 Å². The van der Waals surface area contributed by atoms with Crippen LogP contribution in [0.15, 0.2) is 40.2 Å². The maximum Gasteiger partial charge on any atom is 0.266 e. The highest BCUT2D eigenvalue weighted by atomic mass is 35.5. The van der Waals surface area contributed by atoms with Crippen molar-refractivity contribution in [2.75, 3.05) is 0 Å². The first-order valence-corrected chi connectivity index (χ1v) is 8.09. The van der Waals surface area contributed by atoms with Gasteiger partial charge in [0.15, 0.2) is 0 Å². The molecule has 0 aliphatic carbocycles. The summed E-state index contributed by atoms with van der Waals surface area (Å²) in [7, 11) is -4.02. The standard InChI is InChI=1S/C14H13ClN2O4S/c1-8-3-4-9(2)12(5-8)22(20,21)17-13(18)10-6-11(15)14(19)16-7-10/h3-7H,1-2H3,(H,16,19)(H,17,18). The number of nitrogens with one attached hydrogen (secondary N) is 2. The van der Waals surface area contributed by atoms with Gasteiger partial charge in [-0.3, -0.25) is 9.59 Å². The number of aryl methyl sites for hydroxylation is 2. The highest BCUT2D eigenvalue weighted by Crippen LogP contribution is 2.17. The van der Waals surface area contributed by atoms with Gasteiger partial charge in [0.25, 0.3) is 21.5 Å². The molecule has 0 fully saturated rings. The molecule has 1 aromatic heterocycles. The molecule has 0 saturated heterocycles. The van der Waals surface area contributed by atoms with Crippen molar-refractivity contribution >= 4 is 27.5 Å². The molecule has 0 spiro atoms. The molecule has 1 aromatic carbocycles. The van der Waals surface area contributed by atoms with Gasteiger partial charge < -0.3 is 4.98 Å². The minimum atomic E-state index is -4.02. The van der Waals surface area contributed by atoms with E-state index in [2.05, 4.69) is 4.98 Å². The molecule has 0 radical (unpaired) electrons. The van der Waals surface area contributed by atoms with E-state index < -0.39 is 21.5 Å². The van der Waals surface area contributed by atoms with Crippen molar-refractivity contribution in [2.45, 2.75) is 18.7 Å². The molecule has 0 saturated carbocycles. The Balaban J connectivity index is 2.35. The third kappa shape index (κ3) is 3.37. The second kappa shape index (κ2) is 5.94. The van der Waals surface area contributed by atoms with Crippen LogP contribution in [0, 0.1) is 13.8 Å². The molecule has 2 aromatic rings. The average Bonchev–Trinajstić information content (AvgIpc) is 2.43. The van der Waals surface area contributed by atoms with Crippen LogP contribution in [-0.4, -0.2) is 19.3 Å². The van der Waals surface area contributed by atoms with Gasteiger partial charge in [0.2, 0.25) is 0 Å². The summed E-state index contributed by atoms with van der Waals surface area (Å²) in [5.74, 6) is -0.876. The lowest BCUT2D eigenvalue weighted by molar-refractivity contribution is 0.0981. The van der Waals surface area contributed by atoms with Crippen molar-refractivity contribution in [1.82, 2.24) is 9.71 Å². The molecule has 22 heavy (non-hydrogen) atoms. The fraction of sp³-hybridized carbons (Fsp3) is 0.143. The molecule has 2 rings (SSSR count).